The molecule has 0 fully saturated rings. The Labute approximate surface area is 122 Å². The molecule has 0 spiro atoms. The van der Waals surface area contributed by atoms with Gasteiger partial charge in [-0.25, -0.2) is 4.98 Å². The van der Waals surface area contributed by atoms with Crippen LogP contribution in [0.2, 0.25) is 5.15 Å². The Hall–Kier alpha value is -2.01. The minimum atomic E-state index is 0.334. The molecule has 0 aliphatic heterocycles. The van der Waals surface area contributed by atoms with Gasteiger partial charge in [-0.3, -0.25) is 0 Å². The Morgan fingerprint density at radius 1 is 1.10 bits per heavy atom. The van der Waals surface area contributed by atoms with E-state index < -0.39 is 0 Å². The normalized spacial score (nSPS) is 10.2. The van der Waals surface area contributed by atoms with Crippen molar-refractivity contribution < 1.29 is 14.2 Å². The maximum Gasteiger partial charge on any atom is 0.224 e. The van der Waals surface area contributed by atoms with Gasteiger partial charge in [0.2, 0.25) is 11.6 Å². The number of nitrogens with zero attached hydrogens (tertiary/aromatic N) is 2. The molecule has 0 aliphatic rings. The highest BCUT2D eigenvalue weighted by Gasteiger charge is 2.14. The van der Waals surface area contributed by atoms with Crippen molar-refractivity contribution in [3.8, 4) is 23.1 Å². The van der Waals surface area contributed by atoms with Crippen LogP contribution in [-0.2, 0) is 6.42 Å². The summed E-state index contributed by atoms with van der Waals surface area (Å²) in [6, 6.07) is 6.92. The number of methoxy groups -OCH3 is 2. The van der Waals surface area contributed by atoms with E-state index in [1.807, 2.05) is 13.0 Å². The second-order valence-corrected chi connectivity index (χ2v) is 4.28. The first-order chi connectivity index (χ1) is 9.67. The van der Waals surface area contributed by atoms with Gasteiger partial charge in [-0.15, -0.1) is 0 Å². The number of aryl methyl sites for hydroxylation is 1. The molecule has 0 saturated heterocycles. The topological polar surface area (TPSA) is 53.5 Å². The van der Waals surface area contributed by atoms with Gasteiger partial charge in [0.25, 0.3) is 0 Å². The van der Waals surface area contributed by atoms with Gasteiger partial charge < -0.3 is 14.2 Å². The van der Waals surface area contributed by atoms with Gasteiger partial charge in [0.15, 0.2) is 11.5 Å². The Morgan fingerprint density at radius 2 is 1.75 bits per heavy atom. The molecule has 1 heterocycles. The van der Waals surface area contributed by atoms with Crippen molar-refractivity contribution in [1.82, 2.24) is 9.97 Å². The van der Waals surface area contributed by atoms with Crippen molar-refractivity contribution in [2.45, 2.75) is 13.3 Å². The molecule has 106 valence electrons. The van der Waals surface area contributed by atoms with E-state index >= 15 is 0 Å². The minimum absolute atomic E-state index is 0.334. The van der Waals surface area contributed by atoms with E-state index in [0.29, 0.717) is 40.5 Å². The first kappa shape index (κ1) is 14.4. The van der Waals surface area contributed by atoms with Gasteiger partial charge in [0.1, 0.15) is 11.0 Å². The predicted octanol–water partition coefficient (Wildman–Crippen LogP) is 3.50. The molecular formula is C14H15ClN2O3. The van der Waals surface area contributed by atoms with Crippen molar-refractivity contribution in [3.05, 3.63) is 35.2 Å². The summed E-state index contributed by atoms with van der Waals surface area (Å²) in [5.74, 6) is 2.52. The van der Waals surface area contributed by atoms with Crippen LogP contribution < -0.4 is 14.2 Å². The van der Waals surface area contributed by atoms with Crippen LogP contribution in [0.3, 0.4) is 0 Å². The second kappa shape index (κ2) is 6.43. The zero-order valence-electron chi connectivity index (χ0n) is 11.5. The predicted molar refractivity (Wildman–Crippen MR) is 76.0 cm³/mol. The van der Waals surface area contributed by atoms with E-state index in [9.17, 15) is 0 Å². The Morgan fingerprint density at radius 3 is 2.30 bits per heavy atom. The molecule has 5 nitrogen and oxygen atoms in total. The molecule has 6 heteroatoms. The average molecular weight is 295 g/mol. The lowest BCUT2D eigenvalue weighted by atomic mass is 10.3. The fourth-order valence-corrected chi connectivity index (χ4v) is 1.87. The summed E-state index contributed by atoms with van der Waals surface area (Å²) in [4.78, 5) is 8.36. The molecule has 2 rings (SSSR count). The first-order valence-corrected chi connectivity index (χ1v) is 6.48. The van der Waals surface area contributed by atoms with Crippen molar-refractivity contribution in [2.75, 3.05) is 14.2 Å². The van der Waals surface area contributed by atoms with Crippen LogP contribution >= 0.6 is 11.6 Å². The van der Waals surface area contributed by atoms with Crippen LogP contribution in [0.5, 0.6) is 23.1 Å². The summed E-state index contributed by atoms with van der Waals surface area (Å²) in [6.07, 6.45) is 0.667. The molecule has 0 unspecified atom stereocenters. The second-order valence-electron chi connectivity index (χ2n) is 3.89. The van der Waals surface area contributed by atoms with Gasteiger partial charge in [-0.05, 0) is 12.1 Å². The number of hydrogen-bond acceptors (Lipinski definition) is 5. The van der Waals surface area contributed by atoms with Crippen LogP contribution in [0, 0.1) is 0 Å². The highest BCUT2D eigenvalue weighted by molar-refractivity contribution is 6.29. The molecule has 0 saturated carbocycles. The van der Waals surface area contributed by atoms with Crippen molar-refractivity contribution in [1.29, 1.82) is 0 Å². The standard InChI is InChI=1S/C14H15ClN2O3/c1-4-12-16-11(15)8-13(17-12)20-14-9(18-2)6-5-7-10(14)19-3/h5-8H,4H2,1-3H3. The van der Waals surface area contributed by atoms with Crippen molar-refractivity contribution >= 4 is 11.6 Å². The first-order valence-electron chi connectivity index (χ1n) is 6.10. The minimum Gasteiger partial charge on any atom is -0.493 e. The van der Waals surface area contributed by atoms with E-state index in [2.05, 4.69) is 9.97 Å². The zero-order chi connectivity index (χ0) is 14.5. The summed E-state index contributed by atoms with van der Waals surface area (Å²) in [7, 11) is 3.12. The quantitative estimate of drug-likeness (QED) is 0.790. The van der Waals surface area contributed by atoms with E-state index in [1.54, 1.807) is 32.4 Å². The summed E-state index contributed by atoms with van der Waals surface area (Å²) in [6.45, 7) is 1.94. The molecule has 0 aliphatic carbocycles. The van der Waals surface area contributed by atoms with Crippen LogP contribution in [0.4, 0.5) is 0 Å². The molecule has 1 aromatic carbocycles. The van der Waals surface area contributed by atoms with Crippen molar-refractivity contribution in [3.63, 3.8) is 0 Å². The molecule has 20 heavy (non-hydrogen) atoms. The molecule has 0 N–H and O–H groups in total. The highest BCUT2D eigenvalue weighted by Crippen LogP contribution is 2.39. The number of benzene rings is 1. The molecular weight excluding hydrogens is 280 g/mol. The monoisotopic (exact) mass is 294 g/mol. The Balaban J connectivity index is 2.41. The van der Waals surface area contributed by atoms with Gasteiger partial charge in [0.05, 0.1) is 14.2 Å². The largest absolute Gasteiger partial charge is 0.493 e. The number of aromatic nitrogens is 2. The van der Waals surface area contributed by atoms with E-state index in [1.165, 1.54) is 0 Å². The average Bonchev–Trinajstić information content (AvgIpc) is 2.46. The molecule has 1 aromatic heterocycles. The lowest BCUT2D eigenvalue weighted by Crippen LogP contribution is -1.99. The smallest absolute Gasteiger partial charge is 0.224 e. The van der Waals surface area contributed by atoms with E-state index in [0.717, 1.165) is 0 Å². The van der Waals surface area contributed by atoms with Gasteiger partial charge in [-0.2, -0.15) is 4.98 Å². The fourth-order valence-electron chi connectivity index (χ4n) is 1.67. The van der Waals surface area contributed by atoms with Gasteiger partial charge >= 0.3 is 0 Å². The molecule has 0 radical (unpaired) electrons. The molecule has 0 atom stereocenters. The van der Waals surface area contributed by atoms with E-state index in [-0.39, 0.29) is 0 Å². The Kier molecular flexibility index (Phi) is 4.63. The third-order valence-corrected chi connectivity index (χ3v) is 2.82. The van der Waals surface area contributed by atoms with Crippen LogP contribution in [0.15, 0.2) is 24.3 Å². The number of ether oxygens (including phenoxy) is 3. The van der Waals surface area contributed by atoms with E-state index in [4.69, 9.17) is 25.8 Å². The lowest BCUT2D eigenvalue weighted by molar-refractivity contribution is 0.341. The maximum absolute atomic E-state index is 5.95. The SMILES string of the molecule is CCc1nc(Cl)cc(Oc2c(OC)cccc2OC)n1. The van der Waals surface area contributed by atoms with Gasteiger partial charge in [0, 0.05) is 12.5 Å². The number of hydrogen-bond donors (Lipinski definition) is 0. The summed E-state index contributed by atoms with van der Waals surface area (Å²) in [5, 5.41) is 0.334. The molecule has 0 amide bonds. The number of rotatable bonds is 5. The van der Waals surface area contributed by atoms with Gasteiger partial charge in [-0.1, -0.05) is 24.6 Å². The Bertz CT molecular complexity index is 583. The van der Waals surface area contributed by atoms with Crippen molar-refractivity contribution in [2.24, 2.45) is 0 Å². The number of para-hydroxylation sites is 1. The lowest BCUT2D eigenvalue weighted by Gasteiger charge is -2.13. The van der Waals surface area contributed by atoms with Crippen LogP contribution in [-0.4, -0.2) is 24.2 Å². The molecule has 2 aromatic rings. The fraction of sp³-hybridized carbons (Fsp3) is 0.286. The maximum atomic E-state index is 5.95. The molecule has 0 bridgehead atoms. The number of halogens is 1. The summed E-state index contributed by atoms with van der Waals surface area (Å²) < 4.78 is 16.3. The third-order valence-electron chi connectivity index (χ3n) is 2.62. The zero-order valence-corrected chi connectivity index (χ0v) is 12.3. The van der Waals surface area contributed by atoms with Crippen LogP contribution in [0.25, 0.3) is 0 Å². The highest BCUT2D eigenvalue weighted by atomic mass is 35.5. The summed E-state index contributed by atoms with van der Waals surface area (Å²) in [5.41, 5.74) is 0. The summed E-state index contributed by atoms with van der Waals surface area (Å²) >= 11 is 5.95. The van der Waals surface area contributed by atoms with Crippen LogP contribution in [0.1, 0.15) is 12.7 Å². The third kappa shape index (κ3) is 3.11.